The minimum Gasteiger partial charge on any atom is -0.508 e. The number of phenolic OH excluding ortho intramolecular Hbond substituents is 1. The summed E-state index contributed by atoms with van der Waals surface area (Å²) in [4.78, 5) is 10.6. The maximum atomic E-state index is 12.2. The first kappa shape index (κ1) is 14.8. The second-order valence-corrected chi connectivity index (χ2v) is 7.73. The summed E-state index contributed by atoms with van der Waals surface area (Å²) in [5, 5.41) is 18.0. The van der Waals surface area contributed by atoms with E-state index in [2.05, 4.69) is 20.7 Å². The molecule has 0 aliphatic carbocycles. The molecule has 0 amide bonds. The first-order chi connectivity index (χ1) is 9.29. The summed E-state index contributed by atoms with van der Waals surface area (Å²) in [6.45, 7) is 0. The highest BCUT2D eigenvalue weighted by molar-refractivity contribution is 9.11. The second kappa shape index (κ2) is 5.43. The van der Waals surface area contributed by atoms with Gasteiger partial charge >= 0.3 is 5.97 Å². The molecule has 0 saturated heterocycles. The predicted octanol–water partition coefficient (Wildman–Crippen LogP) is 2.72. The van der Waals surface area contributed by atoms with Crippen molar-refractivity contribution in [1.29, 1.82) is 0 Å². The van der Waals surface area contributed by atoms with Crippen LogP contribution in [0.4, 0.5) is 5.69 Å². The van der Waals surface area contributed by atoms with E-state index in [0.29, 0.717) is 0 Å². The molecular formula is C11H8BrNO5S2. The number of benzene rings is 1. The normalized spacial score (nSPS) is 11.2. The van der Waals surface area contributed by atoms with Crippen LogP contribution < -0.4 is 4.72 Å². The zero-order valence-corrected chi connectivity index (χ0v) is 12.9. The number of carboxylic acid groups (broad SMARTS) is 1. The van der Waals surface area contributed by atoms with Gasteiger partial charge in [0.25, 0.3) is 10.0 Å². The summed E-state index contributed by atoms with van der Waals surface area (Å²) in [5.41, 5.74) is 0.262. The van der Waals surface area contributed by atoms with Gasteiger partial charge in [0, 0.05) is 5.69 Å². The maximum absolute atomic E-state index is 12.2. The average molecular weight is 378 g/mol. The molecule has 9 heteroatoms. The minimum atomic E-state index is -3.90. The van der Waals surface area contributed by atoms with Crippen molar-refractivity contribution in [3.63, 3.8) is 0 Å². The molecule has 106 valence electrons. The number of thiophene rings is 1. The molecule has 1 aromatic heterocycles. The van der Waals surface area contributed by atoms with Gasteiger partial charge in [-0.3, -0.25) is 4.72 Å². The number of anilines is 1. The van der Waals surface area contributed by atoms with Gasteiger partial charge in [-0.15, -0.1) is 11.3 Å². The Labute approximate surface area is 126 Å². The van der Waals surface area contributed by atoms with Crippen molar-refractivity contribution >= 4 is 48.9 Å². The number of phenols is 1. The molecule has 0 unspecified atom stereocenters. The Bertz CT molecular complexity index is 752. The SMILES string of the molecule is O=C(O)c1cc(S(=O)(=O)Nc2ccc(O)cc2)c(Br)s1. The van der Waals surface area contributed by atoms with Crippen LogP contribution in [0.25, 0.3) is 0 Å². The lowest BCUT2D eigenvalue weighted by Crippen LogP contribution is -2.12. The molecule has 2 aromatic rings. The van der Waals surface area contributed by atoms with E-state index in [4.69, 9.17) is 10.2 Å². The van der Waals surface area contributed by atoms with Gasteiger partial charge in [0.2, 0.25) is 0 Å². The predicted molar refractivity (Wildman–Crippen MR) is 77.9 cm³/mol. The molecule has 2 rings (SSSR count). The zero-order valence-electron chi connectivity index (χ0n) is 9.70. The molecular weight excluding hydrogens is 370 g/mol. The number of hydrogen-bond acceptors (Lipinski definition) is 5. The second-order valence-electron chi connectivity index (χ2n) is 3.71. The lowest BCUT2D eigenvalue weighted by atomic mass is 10.3. The number of carbonyl (C=O) groups is 1. The maximum Gasteiger partial charge on any atom is 0.345 e. The molecule has 0 aliphatic rings. The fourth-order valence-corrected chi connectivity index (χ4v) is 4.84. The number of carboxylic acids is 1. The van der Waals surface area contributed by atoms with Crippen molar-refractivity contribution in [2.75, 3.05) is 4.72 Å². The molecule has 6 nitrogen and oxygen atoms in total. The van der Waals surface area contributed by atoms with Crippen LogP contribution in [0.15, 0.2) is 39.0 Å². The van der Waals surface area contributed by atoms with Crippen LogP contribution in [0.3, 0.4) is 0 Å². The average Bonchev–Trinajstić information content (AvgIpc) is 2.75. The first-order valence-corrected chi connectivity index (χ1v) is 8.23. The summed E-state index contributed by atoms with van der Waals surface area (Å²) in [6.07, 6.45) is 0. The molecule has 0 spiro atoms. The van der Waals surface area contributed by atoms with Crippen molar-refractivity contribution < 1.29 is 23.4 Å². The van der Waals surface area contributed by atoms with Gasteiger partial charge in [-0.25, -0.2) is 13.2 Å². The number of aromatic hydroxyl groups is 1. The van der Waals surface area contributed by atoms with Gasteiger partial charge in [-0.1, -0.05) is 0 Å². The molecule has 1 heterocycles. The van der Waals surface area contributed by atoms with Crippen molar-refractivity contribution in [3.8, 4) is 5.75 Å². The van der Waals surface area contributed by atoms with Crippen LogP contribution in [0, 0.1) is 0 Å². The molecule has 0 atom stereocenters. The molecule has 0 aliphatic heterocycles. The van der Waals surface area contributed by atoms with E-state index in [1.54, 1.807) is 0 Å². The quantitative estimate of drug-likeness (QED) is 0.710. The van der Waals surface area contributed by atoms with E-state index in [0.717, 1.165) is 17.4 Å². The Morgan fingerprint density at radius 1 is 1.25 bits per heavy atom. The highest BCUT2D eigenvalue weighted by Gasteiger charge is 2.23. The van der Waals surface area contributed by atoms with Crippen molar-refractivity contribution in [2.45, 2.75) is 4.90 Å². The Morgan fingerprint density at radius 3 is 2.35 bits per heavy atom. The topological polar surface area (TPSA) is 104 Å². The first-order valence-electron chi connectivity index (χ1n) is 5.14. The van der Waals surface area contributed by atoms with E-state index in [-0.39, 0.29) is 25.0 Å². The van der Waals surface area contributed by atoms with E-state index in [1.165, 1.54) is 24.3 Å². The van der Waals surface area contributed by atoms with E-state index >= 15 is 0 Å². The van der Waals surface area contributed by atoms with E-state index in [1.807, 2.05) is 0 Å². The largest absolute Gasteiger partial charge is 0.508 e. The van der Waals surface area contributed by atoms with Gasteiger partial charge in [0.1, 0.15) is 15.5 Å². The summed E-state index contributed by atoms with van der Waals surface area (Å²) in [7, 11) is -3.90. The molecule has 0 saturated carbocycles. The molecule has 20 heavy (non-hydrogen) atoms. The van der Waals surface area contributed by atoms with Crippen LogP contribution >= 0.6 is 27.3 Å². The third-order valence-corrected chi connectivity index (χ3v) is 5.90. The smallest absolute Gasteiger partial charge is 0.345 e. The summed E-state index contributed by atoms with van der Waals surface area (Å²) < 4.78 is 26.8. The minimum absolute atomic E-state index is 0.0119. The van der Waals surface area contributed by atoms with Crippen molar-refractivity contribution in [2.24, 2.45) is 0 Å². The third-order valence-electron chi connectivity index (χ3n) is 2.28. The number of halogens is 1. The molecule has 0 fully saturated rings. The van der Waals surface area contributed by atoms with Crippen molar-refractivity contribution in [1.82, 2.24) is 0 Å². The lowest BCUT2D eigenvalue weighted by Gasteiger charge is -2.06. The van der Waals surface area contributed by atoms with Crippen LogP contribution in [0.2, 0.25) is 0 Å². The van der Waals surface area contributed by atoms with Gasteiger partial charge in [-0.05, 0) is 46.3 Å². The van der Waals surface area contributed by atoms with Gasteiger partial charge in [0.05, 0.1) is 3.79 Å². The molecule has 0 bridgehead atoms. The Hall–Kier alpha value is -1.58. The fraction of sp³-hybridized carbons (Fsp3) is 0. The number of sulfonamides is 1. The summed E-state index contributed by atoms with van der Waals surface area (Å²) >= 11 is 3.86. The van der Waals surface area contributed by atoms with Crippen LogP contribution in [0.5, 0.6) is 5.75 Å². The fourth-order valence-electron chi connectivity index (χ4n) is 1.38. The number of rotatable bonds is 4. The van der Waals surface area contributed by atoms with E-state index in [9.17, 15) is 13.2 Å². The van der Waals surface area contributed by atoms with Crippen LogP contribution in [-0.4, -0.2) is 24.6 Å². The van der Waals surface area contributed by atoms with Gasteiger partial charge < -0.3 is 10.2 Å². The Kier molecular flexibility index (Phi) is 4.02. The van der Waals surface area contributed by atoms with Gasteiger partial charge in [0.15, 0.2) is 0 Å². The Morgan fingerprint density at radius 2 is 1.85 bits per heavy atom. The van der Waals surface area contributed by atoms with Crippen LogP contribution in [0.1, 0.15) is 9.67 Å². The molecule has 1 aromatic carbocycles. The van der Waals surface area contributed by atoms with Gasteiger partial charge in [-0.2, -0.15) is 0 Å². The Balaban J connectivity index is 2.35. The standard InChI is InChI=1S/C11H8BrNO5S2/c12-10-9(5-8(19-10)11(15)16)20(17,18)13-6-1-3-7(14)4-2-6/h1-5,13-14H,(H,15,16). The molecule has 0 radical (unpaired) electrons. The van der Waals surface area contributed by atoms with E-state index < -0.39 is 16.0 Å². The number of nitrogens with one attached hydrogen (secondary N) is 1. The summed E-state index contributed by atoms with van der Waals surface area (Å²) in [6, 6.07) is 6.54. The third kappa shape index (κ3) is 3.11. The highest BCUT2D eigenvalue weighted by Crippen LogP contribution is 2.32. The summed E-state index contributed by atoms with van der Waals surface area (Å²) in [5.74, 6) is -1.18. The monoisotopic (exact) mass is 377 g/mol. The number of hydrogen-bond donors (Lipinski definition) is 3. The molecule has 3 N–H and O–H groups in total. The zero-order chi connectivity index (χ0) is 14.9. The number of aromatic carboxylic acids is 1. The lowest BCUT2D eigenvalue weighted by molar-refractivity contribution is 0.0702. The highest BCUT2D eigenvalue weighted by atomic mass is 79.9. The van der Waals surface area contributed by atoms with Crippen molar-refractivity contribution in [3.05, 3.63) is 39.0 Å². The van der Waals surface area contributed by atoms with Crippen LogP contribution in [-0.2, 0) is 10.0 Å².